The highest BCUT2D eigenvalue weighted by atomic mass is 32.1. The van der Waals surface area contributed by atoms with E-state index in [1.54, 1.807) is 0 Å². The van der Waals surface area contributed by atoms with Crippen LogP contribution in [0.15, 0.2) is 41.5 Å². The van der Waals surface area contributed by atoms with Gasteiger partial charge >= 0.3 is 0 Å². The van der Waals surface area contributed by atoms with Gasteiger partial charge in [0.05, 0.1) is 16.6 Å². The number of likely N-dealkylation sites (tertiary alicyclic amines) is 1. The number of aryl methyl sites for hydroxylation is 1. The predicted molar refractivity (Wildman–Crippen MR) is 146 cm³/mol. The average molecular weight is 522 g/mol. The van der Waals surface area contributed by atoms with E-state index in [2.05, 4.69) is 35.9 Å². The lowest BCUT2D eigenvalue weighted by Gasteiger charge is -2.35. The molecule has 0 N–H and O–H groups in total. The summed E-state index contributed by atoms with van der Waals surface area (Å²) in [6.45, 7) is 11.4. The Morgan fingerprint density at radius 3 is 2.35 bits per heavy atom. The first-order valence-electron chi connectivity index (χ1n) is 13.1. The van der Waals surface area contributed by atoms with Gasteiger partial charge < -0.3 is 9.80 Å². The van der Waals surface area contributed by atoms with Crippen molar-refractivity contribution in [3.63, 3.8) is 0 Å². The molecule has 0 saturated carbocycles. The summed E-state index contributed by atoms with van der Waals surface area (Å²) in [6, 6.07) is 10.4. The molecule has 2 aliphatic heterocycles. The first-order valence-corrected chi connectivity index (χ1v) is 13.9. The van der Waals surface area contributed by atoms with Crippen molar-refractivity contribution in [1.82, 2.24) is 24.3 Å². The molecule has 1 aromatic carbocycles. The molecular weight excluding hydrogens is 486 g/mol. The molecule has 2 fully saturated rings. The molecule has 0 aliphatic carbocycles. The fourth-order valence-electron chi connectivity index (χ4n) is 5.68. The summed E-state index contributed by atoms with van der Waals surface area (Å²) < 4.78 is 1.39. The quantitative estimate of drug-likeness (QED) is 0.515. The zero-order valence-electron chi connectivity index (χ0n) is 21.9. The van der Waals surface area contributed by atoms with Crippen LogP contribution in [-0.2, 0) is 17.9 Å². The SMILES string of the molecule is Cc1c(C(=O)N2CCN(Cc3ccccc3)CC2)sc2ncn(CC(=O)N3C[C@H](C)C[C@@H](C)C3)c(=O)c12. The van der Waals surface area contributed by atoms with Gasteiger partial charge in [-0.25, -0.2) is 4.98 Å². The summed E-state index contributed by atoms with van der Waals surface area (Å²) in [6.07, 6.45) is 2.57. The number of piperidine rings is 1. The van der Waals surface area contributed by atoms with Gasteiger partial charge in [-0.05, 0) is 36.3 Å². The smallest absolute Gasteiger partial charge is 0.264 e. The Hall–Kier alpha value is -3.04. The van der Waals surface area contributed by atoms with Crippen molar-refractivity contribution >= 4 is 33.4 Å². The Morgan fingerprint density at radius 1 is 1.00 bits per heavy atom. The zero-order valence-corrected chi connectivity index (χ0v) is 22.7. The maximum absolute atomic E-state index is 13.4. The molecule has 5 rings (SSSR count). The molecule has 0 radical (unpaired) electrons. The van der Waals surface area contributed by atoms with Crippen molar-refractivity contribution in [1.29, 1.82) is 0 Å². The molecule has 2 aromatic heterocycles. The maximum atomic E-state index is 13.4. The fourth-order valence-corrected chi connectivity index (χ4v) is 6.79. The van der Waals surface area contributed by atoms with Gasteiger partial charge in [0.25, 0.3) is 11.5 Å². The minimum absolute atomic E-state index is 0.0246. The third kappa shape index (κ3) is 5.48. The van der Waals surface area contributed by atoms with E-state index in [-0.39, 0.29) is 23.9 Å². The Kier molecular flexibility index (Phi) is 7.44. The average Bonchev–Trinajstić information content (AvgIpc) is 3.22. The van der Waals surface area contributed by atoms with E-state index in [9.17, 15) is 14.4 Å². The number of carbonyl (C=O) groups excluding carboxylic acids is 2. The molecule has 8 nitrogen and oxygen atoms in total. The van der Waals surface area contributed by atoms with Crippen LogP contribution in [0, 0.1) is 18.8 Å². The zero-order chi connectivity index (χ0) is 26.1. The number of aromatic nitrogens is 2. The van der Waals surface area contributed by atoms with Gasteiger partial charge in [-0.2, -0.15) is 0 Å². The van der Waals surface area contributed by atoms with Crippen LogP contribution in [0.25, 0.3) is 10.2 Å². The van der Waals surface area contributed by atoms with Crippen molar-refractivity contribution in [2.75, 3.05) is 39.3 Å². The molecule has 0 spiro atoms. The van der Waals surface area contributed by atoms with Crippen molar-refractivity contribution in [2.45, 2.75) is 40.3 Å². The van der Waals surface area contributed by atoms with Crippen LogP contribution in [0.3, 0.4) is 0 Å². The highest BCUT2D eigenvalue weighted by Crippen LogP contribution is 2.28. The van der Waals surface area contributed by atoms with Crippen molar-refractivity contribution in [3.8, 4) is 0 Å². The van der Waals surface area contributed by atoms with E-state index in [1.807, 2.05) is 34.9 Å². The Bertz CT molecular complexity index is 1330. The molecule has 4 heterocycles. The number of rotatable bonds is 5. The third-order valence-electron chi connectivity index (χ3n) is 7.55. The summed E-state index contributed by atoms with van der Waals surface area (Å²) in [5.74, 6) is 0.813. The number of thiophene rings is 1. The Balaban J connectivity index is 1.28. The molecule has 0 unspecified atom stereocenters. The van der Waals surface area contributed by atoms with E-state index in [4.69, 9.17) is 0 Å². The highest BCUT2D eigenvalue weighted by Gasteiger charge is 2.28. The second-order valence-electron chi connectivity index (χ2n) is 10.7. The van der Waals surface area contributed by atoms with E-state index in [0.29, 0.717) is 45.6 Å². The molecule has 196 valence electrons. The van der Waals surface area contributed by atoms with E-state index in [0.717, 1.165) is 39.1 Å². The molecule has 37 heavy (non-hydrogen) atoms. The standard InChI is InChI=1S/C28H35N5O3S/c1-19-13-20(2)15-32(14-19)23(34)17-33-18-29-26-24(27(33)35)21(3)25(37-26)28(36)31-11-9-30(10-12-31)16-22-7-5-4-6-8-22/h4-8,18-20H,9-17H2,1-3H3/t19-,20-/m1/s1. The van der Waals surface area contributed by atoms with Crippen LogP contribution in [0.1, 0.15) is 41.1 Å². The molecular formula is C28H35N5O3S. The molecule has 3 aromatic rings. The van der Waals surface area contributed by atoms with E-state index < -0.39 is 0 Å². The summed E-state index contributed by atoms with van der Waals surface area (Å²) in [7, 11) is 0. The molecule has 2 atom stereocenters. The summed E-state index contributed by atoms with van der Waals surface area (Å²) in [4.78, 5) is 51.4. The first-order chi connectivity index (χ1) is 17.8. The Morgan fingerprint density at radius 2 is 1.68 bits per heavy atom. The second kappa shape index (κ2) is 10.8. The highest BCUT2D eigenvalue weighted by molar-refractivity contribution is 7.20. The normalized spacial score (nSPS) is 20.9. The minimum atomic E-state index is -0.253. The number of carbonyl (C=O) groups is 2. The van der Waals surface area contributed by atoms with Gasteiger partial charge in [-0.3, -0.25) is 23.9 Å². The lowest BCUT2D eigenvalue weighted by atomic mass is 9.92. The van der Waals surface area contributed by atoms with Crippen LogP contribution in [-0.4, -0.2) is 75.3 Å². The van der Waals surface area contributed by atoms with Gasteiger partial charge in [-0.15, -0.1) is 11.3 Å². The molecule has 2 amide bonds. The number of benzene rings is 1. The van der Waals surface area contributed by atoms with Gasteiger partial charge in [-0.1, -0.05) is 44.2 Å². The fraction of sp³-hybridized carbons (Fsp3) is 0.500. The number of hydrogen-bond acceptors (Lipinski definition) is 6. The van der Waals surface area contributed by atoms with Crippen molar-refractivity contribution in [3.05, 3.63) is 63.0 Å². The van der Waals surface area contributed by atoms with Gasteiger partial charge in [0, 0.05) is 45.8 Å². The van der Waals surface area contributed by atoms with Crippen LogP contribution >= 0.6 is 11.3 Å². The lowest BCUT2D eigenvalue weighted by molar-refractivity contribution is -0.134. The summed E-state index contributed by atoms with van der Waals surface area (Å²) in [5, 5.41) is 0.451. The second-order valence-corrected chi connectivity index (χ2v) is 11.7. The van der Waals surface area contributed by atoms with Crippen LogP contribution < -0.4 is 5.56 Å². The number of nitrogens with zero attached hydrogens (tertiary/aromatic N) is 5. The van der Waals surface area contributed by atoms with Crippen molar-refractivity contribution in [2.24, 2.45) is 11.8 Å². The Labute approximate surface area is 221 Å². The topological polar surface area (TPSA) is 78.8 Å². The number of amides is 2. The maximum Gasteiger partial charge on any atom is 0.264 e. The molecule has 2 aliphatic rings. The molecule has 0 bridgehead atoms. The number of piperazine rings is 1. The lowest BCUT2D eigenvalue weighted by Crippen LogP contribution is -2.48. The number of fused-ring (bicyclic) bond motifs is 1. The largest absolute Gasteiger partial charge is 0.341 e. The monoisotopic (exact) mass is 521 g/mol. The van der Waals surface area contributed by atoms with Gasteiger partial charge in [0.1, 0.15) is 11.4 Å². The van der Waals surface area contributed by atoms with Gasteiger partial charge in [0.2, 0.25) is 5.91 Å². The summed E-state index contributed by atoms with van der Waals surface area (Å²) in [5.41, 5.74) is 1.68. The number of hydrogen-bond donors (Lipinski definition) is 0. The summed E-state index contributed by atoms with van der Waals surface area (Å²) >= 11 is 1.27. The van der Waals surface area contributed by atoms with Crippen LogP contribution in [0.2, 0.25) is 0 Å². The minimum Gasteiger partial charge on any atom is -0.341 e. The van der Waals surface area contributed by atoms with Crippen LogP contribution in [0.4, 0.5) is 0 Å². The van der Waals surface area contributed by atoms with Gasteiger partial charge in [0.15, 0.2) is 0 Å². The van der Waals surface area contributed by atoms with E-state index in [1.165, 1.54) is 27.8 Å². The van der Waals surface area contributed by atoms with E-state index >= 15 is 0 Å². The molecule has 2 saturated heterocycles. The predicted octanol–water partition coefficient (Wildman–Crippen LogP) is 3.23. The van der Waals surface area contributed by atoms with Crippen LogP contribution in [0.5, 0.6) is 0 Å². The van der Waals surface area contributed by atoms with Crippen molar-refractivity contribution < 1.29 is 9.59 Å². The molecule has 9 heteroatoms. The third-order valence-corrected chi connectivity index (χ3v) is 8.74. The first kappa shape index (κ1) is 25.6.